The molecule has 162 valence electrons. The summed E-state index contributed by atoms with van der Waals surface area (Å²) in [4.78, 5) is 0.292. The van der Waals surface area contributed by atoms with Gasteiger partial charge in [0.2, 0.25) is 10.0 Å². The van der Waals surface area contributed by atoms with Crippen LogP contribution in [0.1, 0.15) is 83.6 Å². The molecule has 6 heteroatoms. The summed E-state index contributed by atoms with van der Waals surface area (Å²) in [5.41, 5.74) is 1.03. The van der Waals surface area contributed by atoms with Crippen molar-refractivity contribution in [2.45, 2.75) is 108 Å². The standard InChI is InChI=1S/C22H39NO4S/c1-4-6-10-20(24)14-15-21(25)11-7-9-19(8-5-2)23-28(26,27)22-16-12-18(3)13-17-22/h12-13,16-17,19-21,23-25H,4-11,14-15H2,1-3H3/t19-,20+,21+/m1/s1. The van der Waals surface area contributed by atoms with Gasteiger partial charge in [-0.15, -0.1) is 0 Å². The van der Waals surface area contributed by atoms with Crippen LogP contribution in [0.2, 0.25) is 0 Å². The Balaban J connectivity index is 2.44. The smallest absolute Gasteiger partial charge is 0.240 e. The van der Waals surface area contributed by atoms with Crippen molar-refractivity contribution in [3.05, 3.63) is 29.8 Å². The molecule has 0 spiro atoms. The Kier molecular flexibility index (Phi) is 11.9. The molecule has 3 atom stereocenters. The van der Waals surface area contributed by atoms with E-state index in [9.17, 15) is 18.6 Å². The Bertz CT molecular complexity index is 630. The van der Waals surface area contributed by atoms with Crippen molar-refractivity contribution < 1.29 is 18.6 Å². The fourth-order valence-electron chi connectivity index (χ4n) is 3.33. The minimum atomic E-state index is -3.53. The van der Waals surface area contributed by atoms with Crippen LogP contribution in [0.3, 0.4) is 0 Å². The number of benzene rings is 1. The van der Waals surface area contributed by atoms with Crippen LogP contribution in [0.5, 0.6) is 0 Å². The van der Waals surface area contributed by atoms with Crippen LogP contribution in [0.4, 0.5) is 0 Å². The van der Waals surface area contributed by atoms with Gasteiger partial charge in [0, 0.05) is 6.04 Å². The highest BCUT2D eigenvalue weighted by molar-refractivity contribution is 7.89. The molecule has 28 heavy (non-hydrogen) atoms. The van der Waals surface area contributed by atoms with Crippen LogP contribution in [-0.2, 0) is 10.0 Å². The highest BCUT2D eigenvalue weighted by Gasteiger charge is 2.20. The van der Waals surface area contributed by atoms with Crippen LogP contribution in [0.25, 0.3) is 0 Å². The lowest BCUT2D eigenvalue weighted by Gasteiger charge is -2.19. The van der Waals surface area contributed by atoms with Gasteiger partial charge in [-0.05, 0) is 64.0 Å². The van der Waals surface area contributed by atoms with Crippen LogP contribution >= 0.6 is 0 Å². The molecular weight excluding hydrogens is 374 g/mol. The quantitative estimate of drug-likeness (QED) is 0.400. The van der Waals surface area contributed by atoms with E-state index >= 15 is 0 Å². The van der Waals surface area contributed by atoms with Crippen molar-refractivity contribution in [3.8, 4) is 0 Å². The lowest BCUT2D eigenvalue weighted by Crippen LogP contribution is -2.35. The maximum Gasteiger partial charge on any atom is 0.240 e. The normalized spacial score (nSPS) is 15.3. The Morgan fingerprint density at radius 2 is 1.39 bits per heavy atom. The third kappa shape index (κ3) is 10.0. The second-order valence-corrected chi connectivity index (χ2v) is 9.59. The number of nitrogens with one attached hydrogen (secondary N) is 1. The van der Waals surface area contributed by atoms with Crippen molar-refractivity contribution in [3.63, 3.8) is 0 Å². The molecule has 0 aliphatic heterocycles. The van der Waals surface area contributed by atoms with E-state index in [1.54, 1.807) is 24.3 Å². The average Bonchev–Trinajstić information content (AvgIpc) is 2.65. The summed E-state index contributed by atoms with van der Waals surface area (Å²) in [6.07, 6.45) is 7.09. The third-order valence-electron chi connectivity index (χ3n) is 5.10. The molecule has 0 radical (unpaired) electrons. The minimum absolute atomic E-state index is 0.126. The van der Waals surface area contributed by atoms with Gasteiger partial charge in [-0.1, -0.05) is 50.8 Å². The first-order chi connectivity index (χ1) is 13.3. The van der Waals surface area contributed by atoms with Crippen molar-refractivity contribution >= 4 is 10.0 Å². The second kappa shape index (κ2) is 13.3. The van der Waals surface area contributed by atoms with Gasteiger partial charge < -0.3 is 10.2 Å². The van der Waals surface area contributed by atoms with Crippen LogP contribution in [-0.4, -0.2) is 36.9 Å². The molecule has 0 saturated carbocycles. The lowest BCUT2D eigenvalue weighted by molar-refractivity contribution is 0.101. The van der Waals surface area contributed by atoms with Crippen molar-refractivity contribution in [2.24, 2.45) is 0 Å². The number of aliphatic hydroxyl groups excluding tert-OH is 2. The molecule has 0 bridgehead atoms. The van der Waals surface area contributed by atoms with E-state index < -0.39 is 16.1 Å². The van der Waals surface area contributed by atoms with Crippen molar-refractivity contribution in [1.82, 2.24) is 4.72 Å². The predicted molar refractivity (Wildman–Crippen MR) is 115 cm³/mol. The summed E-state index contributed by atoms with van der Waals surface area (Å²) in [5, 5.41) is 20.0. The highest BCUT2D eigenvalue weighted by Crippen LogP contribution is 2.17. The Morgan fingerprint density at radius 3 is 1.93 bits per heavy atom. The molecule has 0 aliphatic carbocycles. The summed E-state index contributed by atoms with van der Waals surface area (Å²) in [5.74, 6) is 0. The first-order valence-electron chi connectivity index (χ1n) is 10.7. The number of aliphatic hydroxyl groups is 2. The third-order valence-corrected chi connectivity index (χ3v) is 6.64. The van der Waals surface area contributed by atoms with Crippen LogP contribution < -0.4 is 4.72 Å². The first kappa shape index (κ1) is 25.1. The first-order valence-corrected chi connectivity index (χ1v) is 12.2. The Hall–Kier alpha value is -0.950. The maximum atomic E-state index is 12.6. The van der Waals surface area contributed by atoms with E-state index in [0.717, 1.165) is 44.1 Å². The van der Waals surface area contributed by atoms with E-state index in [2.05, 4.69) is 11.6 Å². The Morgan fingerprint density at radius 1 is 0.821 bits per heavy atom. The average molecular weight is 414 g/mol. The zero-order valence-corrected chi connectivity index (χ0v) is 18.5. The predicted octanol–water partition coefficient (Wildman–Crippen LogP) is 4.30. The molecule has 1 aromatic rings. The molecule has 0 amide bonds. The van der Waals surface area contributed by atoms with Gasteiger partial charge in [-0.2, -0.15) is 0 Å². The minimum Gasteiger partial charge on any atom is -0.393 e. The Labute approximate surface area is 171 Å². The molecule has 0 fully saturated rings. The number of rotatable bonds is 15. The summed E-state index contributed by atoms with van der Waals surface area (Å²) in [6.45, 7) is 6.07. The molecule has 0 aromatic heterocycles. The molecule has 0 aliphatic rings. The zero-order chi connectivity index (χ0) is 21.0. The fourth-order valence-corrected chi connectivity index (χ4v) is 4.63. The molecule has 1 rings (SSSR count). The SMILES string of the molecule is CCCC[C@H](O)CC[C@@H](O)CCC[C@@H](CCC)NS(=O)(=O)c1ccc(C)cc1. The topological polar surface area (TPSA) is 86.6 Å². The second-order valence-electron chi connectivity index (χ2n) is 7.88. The zero-order valence-electron chi connectivity index (χ0n) is 17.7. The van der Waals surface area contributed by atoms with Crippen LogP contribution in [0.15, 0.2) is 29.2 Å². The fraction of sp³-hybridized carbons (Fsp3) is 0.727. The molecule has 0 heterocycles. The number of sulfonamides is 1. The highest BCUT2D eigenvalue weighted by atomic mass is 32.2. The van der Waals surface area contributed by atoms with Gasteiger partial charge >= 0.3 is 0 Å². The number of hydrogen-bond donors (Lipinski definition) is 3. The van der Waals surface area contributed by atoms with Gasteiger partial charge in [-0.25, -0.2) is 13.1 Å². The van der Waals surface area contributed by atoms with Gasteiger partial charge in [0.15, 0.2) is 0 Å². The molecular formula is C22H39NO4S. The van der Waals surface area contributed by atoms with Crippen molar-refractivity contribution in [1.29, 1.82) is 0 Å². The van der Waals surface area contributed by atoms with E-state index in [0.29, 0.717) is 30.6 Å². The summed E-state index contributed by atoms with van der Waals surface area (Å²) in [6, 6.07) is 6.74. The van der Waals surface area contributed by atoms with E-state index in [1.165, 1.54) is 0 Å². The molecule has 0 unspecified atom stereocenters. The largest absolute Gasteiger partial charge is 0.393 e. The molecule has 0 saturated heterocycles. The van der Waals surface area contributed by atoms with Crippen LogP contribution in [0, 0.1) is 6.92 Å². The summed E-state index contributed by atoms with van der Waals surface area (Å²) >= 11 is 0. The molecule has 1 aromatic carbocycles. The summed E-state index contributed by atoms with van der Waals surface area (Å²) < 4.78 is 28.0. The maximum absolute atomic E-state index is 12.6. The van der Waals surface area contributed by atoms with Gasteiger partial charge in [-0.3, -0.25) is 0 Å². The molecule has 3 N–H and O–H groups in total. The lowest BCUT2D eigenvalue weighted by atomic mass is 10.00. The summed E-state index contributed by atoms with van der Waals surface area (Å²) in [7, 11) is -3.53. The monoisotopic (exact) mass is 413 g/mol. The molecule has 5 nitrogen and oxygen atoms in total. The van der Waals surface area contributed by atoms with E-state index in [4.69, 9.17) is 0 Å². The van der Waals surface area contributed by atoms with E-state index in [-0.39, 0.29) is 12.1 Å². The van der Waals surface area contributed by atoms with Crippen molar-refractivity contribution in [2.75, 3.05) is 0 Å². The number of unbranched alkanes of at least 4 members (excludes halogenated alkanes) is 1. The van der Waals surface area contributed by atoms with Gasteiger partial charge in [0.05, 0.1) is 17.1 Å². The van der Waals surface area contributed by atoms with Gasteiger partial charge in [0.25, 0.3) is 0 Å². The van der Waals surface area contributed by atoms with E-state index in [1.807, 2.05) is 13.8 Å². The number of aryl methyl sites for hydroxylation is 1. The van der Waals surface area contributed by atoms with Gasteiger partial charge in [0.1, 0.15) is 0 Å². The number of hydrogen-bond acceptors (Lipinski definition) is 4.